The maximum atomic E-state index is 5.76. The number of rotatable bonds is 2. The molecule has 0 unspecified atom stereocenters. The second-order valence-electron chi connectivity index (χ2n) is 3.07. The topological polar surface area (TPSA) is 25.8 Å². The number of nitrogens with zero attached hydrogens (tertiary/aromatic N) is 2. The number of aromatic nitrogens is 2. The highest BCUT2D eigenvalue weighted by Gasteiger charge is 2.04. The van der Waals surface area contributed by atoms with Gasteiger partial charge in [-0.3, -0.25) is 0 Å². The standard InChI is InChI=1S/C8H10Cl2N2/c1-5(2)3-6-4-7(9)8(10)12-11-6/h4-5H,3H2,1-2H3. The molecule has 2 nitrogen and oxygen atoms in total. The van der Waals surface area contributed by atoms with Gasteiger partial charge in [0.05, 0.1) is 10.7 Å². The molecule has 0 N–H and O–H groups in total. The minimum Gasteiger partial charge on any atom is -0.154 e. The predicted molar refractivity (Wildman–Crippen MR) is 50.6 cm³/mol. The summed E-state index contributed by atoms with van der Waals surface area (Å²) in [7, 11) is 0. The zero-order valence-electron chi connectivity index (χ0n) is 7.01. The Bertz CT molecular complexity index is 274. The molecule has 0 aliphatic rings. The fourth-order valence-electron chi connectivity index (χ4n) is 0.909. The summed E-state index contributed by atoms with van der Waals surface area (Å²) in [6, 6.07) is 1.76. The van der Waals surface area contributed by atoms with Crippen molar-refractivity contribution >= 4 is 23.2 Å². The number of hydrogen-bond donors (Lipinski definition) is 0. The van der Waals surface area contributed by atoms with Crippen molar-refractivity contribution in [1.29, 1.82) is 0 Å². The van der Waals surface area contributed by atoms with Crippen molar-refractivity contribution in [2.24, 2.45) is 5.92 Å². The lowest BCUT2D eigenvalue weighted by molar-refractivity contribution is 0.628. The van der Waals surface area contributed by atoms with Crippen LogP contribution in [0.3, 0.4) is 0 Å². The maximum Gasteiger partial charge on any atom is 0.170 e. The van der Waals surface area contributed by atoms with E-state index in [0.717, 1.165) is 12.1 Å². The Kier molecular flexibility index (Phi) is 3.29. The van der Waals surface area contributed by atoms with Crippen LogP contribution in [0.4, 0.5) is 0 Å². The third kappa shape index (κ3) is 2.61. The van der Waals surface area contributed by atoms with E-state index in [2.05, 4.69) is 24.0 Å². The Morgan fingerprint density at radius 3 is 2.50 bits per heavy atom. The molecule has 0 amide bonds. The summed E-state index contributed by atoms with van der Waals surface area (Å²) in [6.45, 7) is 4.23. The Morgan fingerprint density at radius 1 is 1.33 bits per heavy atom. The van der Waals surface area contributed by atoms with E-state index in [4.69, 9.17) is 23.2 Å². The summed E-state index contributed by atoms with van der Waals surface area (Å²) >= 11 is 11.4. The first-order valence-electron chi connectivity index (χ1n) is 3.77. The number of halogens is 2. The van der Waals surface area contributed by atoms with Crippen LogP contribution < -0.4 is 0 Å². The zero-order chi connectivity index (χ0) is 9.14. The molecule has 0 saturated heterocycles. The molecule has 0 spiro atoms. The normalized spacial score (nSPS) is 10.8. The van der Waals surface area contributed by atoms with Gasteiger partial charge in [0.1, 0.15) is 0 Å². The van der Waals surface area contributed by atoms with Gasteiger partial charge in [0.25, 0.3) is 0 Å². The fourth-order valence-corrected chi connectivity index (χ4v) is 1.16. The van der Waals surface area contributed by atoms with Crippen LogP contribution in [0.25, 0.3) is 0 Å². The lowest BCUT2D eigenvalue weighted by Gasteiger charge is -2.03. The van der Waals surface area contributed by atoms with Crippen molar-refractivity contribution in [1.82, 2.24) is 10.2 Å². The third-order valence-electron chi connectivity index (χ3n) is 1.37. The van der Waals surface area contributed by atoms with Crippen LogP contribution in [0.15, 0.2) is 6.07 Å². The van der Waals surface area contributed by atoms with Gasteiger partial charge in [-0.15, -0.1) is 5.10 Å². The summed E-state index contributed by atoms with van der Waals surface area (Å²) in [6.07, 6.45) is 0.879. The van der Waals surface area contributed by atoms with Crippen LogP contribution in [0, 0.1) is 5.92 Å². The van der Waals surface area contributed by atoms with E-state index in [-0.39, 0.29) is 5.15 Å². The van der Waals surface area contributed by atoms with E-state index in [1.54, 1.807) is 6.07 Å². The molecule has 12 heavy (non-hydrogen) atoms. The Labute approximate surface area is 81.9 Å². The smallest absolute Gasteiger partial charge is 0.154 e. The Hall–Kier alpha value is -0.340. The Balaban J connectivity index is 2.82. The van der Waals surface area contributed by atoms with Crippen molar-refractivity contribution in [3.05, 3.63) is 21.9 Å². The summed E-state index contributed by atoms with van der Waals surface area (Å²) in [5.74, 6) is 0.552. The molecule has 1 aromatic heterocycles. The van der Waals surface area contributed by atoms with Gasteiger partial charge < -0.3 is 0 Å². The molecule has 0 atom stereocenters. The van der Waals surface area contributed by atoms with Gasteiger partial charge in [-0.05, 0) is 18.4 Å². The van der Waals surface area contributed by atoms with Gasteiger partial charge in [0.15, 0.2) is 5.15 Å². The lowest BCUT2D eigenvalue weighted by atomic mass is 10.1. The highest BCUT2D eigenvalue weighted by Crippen LogP contribution is 2.19. The molecule has 1 aromatic rings. The minimum absolute atomic E-state index is 0.268. The first-order chi connectivity index (χ1) is 5.59. The molecule has 4 heteroatoms. The molecular weight excluding hydrogens is 195 g/mol. The maximum absolute atomic E-state index is 5.76. The average molecular weight is 205 g/mol. The first-order valence-corrected chi connectivity index (χ1v) is 4.52. The molecule has 0 bridgehead atoms. The van der Waals surface area contributed by atoms with Crippen molar-refractivity contribution in [3.8, 4) is 0 Å². The molecule has 0 fully saturated rings. The van der Waals surface area contributed by atoms with Gasteiger partial charge in [-0.2, -0.15) is 5.10 Å². The van der Waals surface area contributed by atoms with E-state index in [1.165, 1.54) is 0 Å². The molecule has 0 aromatic carbocycles. The summed E-state index contributed by atoms with van der Waals surface area (Å²) in [4.78, 5) is 0. The minimum atomic E-state index is 0.268. The molecule has 0 aliphatic carbocycles. The van der Waals surface area contributed by atoms with Crippen LogP contribution in [-0.2, 0) is 6.42 Å². The molecule has 1 heterocycles. The van der Waals surface area contributed by atoms with E-state index >= 15 is 0 Å². The molecule has 66 valence electrons. The summed E-state index contributed by atoms with van der Waals surface area (Å²) < 4.78 is 0. The van der Waals surface area contributed by atoms with E-state index in [0.29, 0.717) is 10.9 Å². The van der Waals surface area contributed by atoms with Crippen LogP contribution in [0.2, 0.25) is 10.2 Å². The lowest BCUT2D eigenvalue weighted by Crippen LogP contribution is -1.99. The van der Waals surface area contributed by atoms with Crippen molar-refractivity contribution in [3.63, 3.8) is 0 Å². The van der Waals surface area contributed by atoms with Crippen LogP contribution in [0.1, 0.15) is 19.5 Å². The van der Waals surface area contributed by atoms with Gasteiger partial charge in [-0.25, -0.2) is 0 Å². The second-order valence-corrected chi connectivity index (χ2v) is 3.84. The van der Waals surface area contributed by atoms with Crippen molar-refractivity contribution < 1.29 is 0 Å². The quantitative estimate of drug-likeness (QED) is 0.741. The van der Waals surface area contributed by atoms with E-state index < -0.39 is 0 Å². The van der Waals surface area contributed by atoms with Crippen LogP contribution in [0.5, 0.6) is 0 Å². The molecule has 0 aliphatic heterocycles. The highest BCUT2D eigenvalue weighted by molar-refractivity contribution is 6.41. The highest BCUT2D eigenvalue weighted by atomic mass is 35.5. The van der Waals surface area contributed by atoms with Gasteiger partial charge >= 0.3 is 0 Å². The van der Waals surface area contributed by atoms with Gasteiger partial charge in [-0.1, -0.05) is 37.0 Å². The molecular formula is C8H10Cl2N2. The average Bonchev–Trinajstić information content (AvgIpc) is 1.96. The fraction of sp³-hybridized carbons (Fsp3) is 0.500. The van der Waals surface area contributed by atoms with E-state index in [9.17, 15) is 0 Å². The molecule has 0 saturated carbocycles. The summed E-state index contributed by atoms with van der Waals surface area (Å²) in [5.41, 5.74) is 0.888. The van der Waals surface area contributed by atoms with Crippen molar-refractivity contribution in [2.75, 3.05) is 0 Å². The van der Waals surface area contributed by atoms with Crippen molar-refractivity contribution in [2.45, 2.75) is 20.3 Å². The summed E-state index contributed by atoms with van der Waals surface area (Å²) in [5, 5.41) is 8.37. The first kappa shape index (κ1) is 9.75. The monoisotopic (exact) mass is 204 g/mol. The zero-order valence-corrected chi connectivity index (χ0v) is 8.52. The Morgan fingerprint density at radius 2 is 2.00 bits per heavy atom. The molecule has 0 radical (unpaired) electrons. The third-order valence-corrected chi connectivity index (χ3v) is 2.04. The second kappa shape index (κ2) is 4.06. The predicted octanol–water partition coefficient (Wildman–Crippen LogP) is 2.98. The largest absolute Gasteiger partial charge is 0.170 e. The SMILES string of the molecule is CC(C)Cc1cc(Cl)c(Cl)nn1. The van der Waals surface area contributed by atoms with Gasteiger partial charge in [0, 0.05) is 0 Å². The van der Waals surface area contributed by atoms with E-state index in [1.807, 2.05) is 0 Å². The number of hydrogen-bond acceptors (Lipinski definition) is 2. The van der Waals surface area contributed by atoms with Crippen LogP contribution in [-0.4, -0.2) is 10.2 Å². The van der Waals surface area contributed by atoms with Gasteiger partial charge in [0.2, 0.25) is 0 Å². The molecule has 1 rings (SSSR count). The van der Waals surface area contributed by atoms with Crippen LogP contribution >= 0.6 is 23.2 Å².